The van der Waals surface area contributed by atoms with E-state index in [4.69, 9.17) is 9.72 Å². The molecule has 0 bridgehead atoms. The van der Waals surface area contributed by atoms with E-state index in [0.717, 1.165) is 93.1 Å². The number of nitrogens with one attached hydrogen (secondary N) is 3. The topological polar surface area (TPSA) is 152 Å². The number of carbonyl (C=O) groups is 2. The molecule has 3 aromatic carbocycles. The highest BCUT2D eigenvalue weighted by atomic mass is 79.9. The fourth-order valence-corrected chi connectivity index (χ4v) is 10.4. The van der Waals surface area contributed by atoms with Crippen LogP contribution in [0.5, 0.6) is 5.75 Å². The Kier molecular flexibility index (Phi) is 12.1. The molecule has 4 aliphatic rings. The molecular formula is C44H54BrN9O5S. The van der Waals surface area contributed by atoms with Crippen molar-refractivity contribution in [1.82, 2.24) is 25.1 Å². The Morgan fingerprint density at radius 1 is 0.950 bits per heavy atom. The van der Waals surface area contributed by atoms with Gasteiger partial charge in [0.1, 0.15) is 11.6 Å². The van der Waals surface area contributed by atoms with E-state index >= 15 is 0 Å². The number of fused-ring (bicyclic) bond motifs is 1. The number of benzene rings is 3. The van der Waals surface area contributed by atoms with Gasteiger partial charge in [-0.1, -0.05) is 36.4 Å². The molecule has 16 heteroatoms. The summed E-state index contributed by atoms with van der Waals surface area (Å²) in [7, 11) is -1.76. The minimum absolute atomic E-state index is 0.188. The highest BCUT2D eigenvalue weighted by Gasteiger charge is 2.40. The average molecular weight is 901 g/mol. The Bertz CT molecular complexity index is 2370. The van der Waals surface area contributed by atoms with Gasteiger partial charge in [-0.2, -0.15) is 4.98 Å². The maximum atomic E-state index is 12.6. The normalized spacial score (nSPS) is 20.6. The Morgan fingerprint density at radius 3 is 2.40 bits per heavy atom. The summed E-state index contributed by atoms with van der Waals surface area (Å²) < 4.78 is 33.1. The second-order valence-electron chi connectivity index (χ2n) is 16.6. The van der Waals surface area contributed by atoms with Crippen molar-refractivity contribution in [1.29, 1.82) is 0 Å². The standard InChI is InChI=1S/C44H54BrN9O5S/c1-29-26-36(48-43-46-28-34(45)41(50-43)47-35-7-5-6-31-14-21-54(40(31)35)60(4,57)58)38(59-3)27-37(29)53-19-15-33(16-20-53)52-24-22-51(23-25-52)18-13-30-8-10-32(11-9-30)44(2)17-12-39(55)49-42(44)56/h5-11,26-28,33H,12-25H2,1-4H3,(H,49,55,56)(H2,46,47,48,50). The molecule has 0 spiro atoms. The smallest absolute Gasteiger partial charge is 0.236 e. The van der Waals surface area contributed by atoms with Crippen molar-refractivity contribution in [2.75, 3.05) is 85.6 Å². The molecule has 1 atom stereocenters. The van der Waals surface area contributed by atoms with Gasteiger partial charge in [0.15, 0.2) is 0 Å². The number of piperidine rings is 2. The molecule has 0 aliphatic carbocycles. The number of carbonyl (C=O) groups excluding carboxylic acids is 2. The number of para-hydroxylation sites is 1. The number of rotatable bonds is 12. The van der Waals surface area contributed by atoms with Crippen LogP contribution in [-0.4, -0.2) is 112 Å². The molecule has 60 heavy (non-hydrogen) atoms. The first-order valence-electron chi connectivity index (χ1n) is 20.8. The number of amides is 2. The first-order valence-corrected chi connectivity index (χ1v) is 23.4. The largest absolute Gasteiger partial charge is 0.494 e. The number of ether oxygens (including phenoxy) is 1. The number of aromatic nitrogens is 2. The molecule has 14 nitrogen and oxygen atoms in total. The first-order chi connectivity index (χ1) is 28.8. The zero-order valence-corrected chi connectivity index (χ0v) is 37.2. The second kappa shape index (κ2) is 17.3. The molecule has 3 saturated heterocycles. The number of sulfonamides is 1. The Labute approximate surface area is 361 Å². The summed E-state index contributed by atoms with van der Waals surface area (Å²) in [6.45, 7) is 11.7. The van der Waals surface area contributed by atoms with Crippen molar-refractivity contribution in [2.45, 2.75) is 63.8 Å². The Morgan fingerprint density at radius 2 is 1.70 bits per heavy atom. The van der Waals surface area contributed by atoms with Crippen LogP contribution in [-0.2, 0) is 37.9 Å². The SMILES string of the molecule is COc1cc(N2CCC(N3CCN(CCc4ccc(C5(C)CCC(=O)NC5=O)cc4)CC3)CC2)c(C)cc1Nc1ncc(Br)c(Nc2cccc3c2N(S(C)(=O)=O)CC3)n1. The van der Waals surface area contributed by atoms with Gasteiger partial charge in [0.05, 0.1) is 40.3 Å². The molecule has 1 unspecified atom stereocenters. The van der Waals surface area contributed by atoms with E-state index in [2.05, 4.69) is 94.9 Å². The van der Waals surface area contributed by atoms with Gasteiger partial charge in [-0.05, 0) is 96.3 Å². The molecule has 318 valence electrons. The number of piperazine rings is 1. The third kappa shape index (κ3) is 8.83. The molecule has 2 amide bonds. The lowest BCUT2D eigenvalue weighted by atomic mass is 9.75. The summed E-state index contributed by atoms with van der Waals surface area (Å²) in [4.78, 5) is 41.2. The number of halogens is 1. The highest BCUT2D eigenvalue weighted by molar-refractivity contribution is 9.10. The molecule has 4 aromatic rings. The number of hydrogen-bond donors (Lipinski definition) is 3. The molecule has 0 saturated carbocycles. The number of aryl methyl sites for hydroxylation is 1. The molecule has 1 aromatic heterocycles. The van der Waals surface area contributed by atoms with E-state index in [1.807, 2.05) is 25.1 Å². The zero-order valence-electron chi connectivity index (χ0n) is 34.8. The predicted molar refractivity (Wildman–Crippen MR) is 239 cm³/mol. The van der Waals surface area contributed by atoms with Crippen LogP contribution in [0.2, 0.25) is 0 Å². The van der Waals surface area contributed by atoms with Crippen LogP contribution in [0, 0.1) is 6.92 Å². The minimum atomic E-state index is -3.44. The third-order valence-corrected chi connectivity index (χ3v) is 14.5. The van der Waals surface area contributed by atoms with Crippen molar-refractivity contribution < 1.29 is 22.7 Å². The summed E-state index contributed by atoms with van der Waals surface area (Å²) in [6.07, 6.45) is 7.64. The number of hydrogen-bond acceptors (Lipinski definition) is 12. The van der Waals surface area contributed by atoms with Gasteiger partial charge in [0.2, 0.25) is 27.8 Å². The van der Waals surface area contributed by atoms with Crippen LogP contribution in [0.25, 0.3) is 0 Å². The van der Waals surface area contributed by atoms with Gasteiger partial charge in [0.25, 0.3) is 0 Å². The number of methoxy groups -OCH3 is 1. The van der Waals surface area contributed by atoms with Gasteiger partial charge in [-0.3, -0.25) is 24.1 Å². The maximum absolute atomic E-state index is 12.6. The lowest BCUT2D eigenvalue weighted by Gasteiger charge is -2.43. The summed E-state index contributed by atoms with van der Waals surface area (Å²) in [5, 5.41) is 9.20. The minimum Gasteiger partial charge on any atom is -0.494 e. The first kappa shape index (κ1) is 41.9. The summed E-state index contributed by atoms with van der Waals surface area (Å²) in [5.41, 5.74) is 6.88. The van der Waals surface area contributed by atoms with E-state index in [9.17, 15) is 18.0 Å². The average Bonchev–Trinajstić information content (AvgIpc) is 3.70. The van der Waals surface area contributed by atoms with Gasteiger partial charge in [-0.25, -0.2) is 13.4 Å². The number of anilines is 6. The van der Waals surface area contributed by atoms with Crippen molar-refractivity contribution in [3.63, 3.8) is 0 Å². The van der Waals surface area contributed by atoms with Crippen molar-refractivity contribution in [3.05, 3.63) is 87.5 Å². The molecule has 8 rings (SSSR count). The second-order valence-corrected chi connectivity index (χ2v) is 19.4. The molecule has 5 heterocycles. The summed E-state index contributed by atoms with van der Waals surface area (Å²) in [5.74, 6) is 1.18. The van der Waals surface area contributed by atoms with Gasteiger partial charge >= 0.3 is 0 Å². The van der Waals surface area contributed by atoms with E-state index in [0.29, 0.717) is 65.2 Å². The molecule has 4 aliphatic heterocycles. The summed E-state index contributed by atoms with van der Waals surface area (Å²) >= 11 is 3.57. The number of nitrogens with zero attached hydrogens (tertiary/aromatic N) is 6. The highest BCUT2D eigenvalue weighted by Crippen LogP contribution is 2.40. The fraction of sp³-hybridized carbons (Fsp3) is 0.455. The Hall–Kier alpha value is -4.77. The monoisotopic (exact) mass is 899 g/mol. The van der Waals surface area contributed by atoms with Crippen molar-refractivity contribution in [3.8, 4) is 5.75 Å². The summed E-state index contributed by atoms with van der Waals surface area (Å²) in [6, 6.07) is 18.9. The fourth-order valence-electron chi connectivity index (χ4n) is 9.13. The number of imide groups is 1. The van der Waals surface area contributed by atoms with Crippen LogP contribution in [0.3, 0.4) is 0 Å². The van der Waals surface area contributed by atoms with Gasteiger partial charge in [0, 0.05) is 82.8 Å². The van der Waals surface area contributed by atoms with Gasteiger partial charge in [-0.15, -0.1) is 0 Å². The molecule has 3 fully saturated rings. The lowest BCUT2D eigenvalue weighted by molar-refractivity contribution is -0.137. The lowest BCUT2D eigenvalue weighted by Crippen LogP contribution is -2.53. The molecular weight excluding hydrogens is 847 g/mol. The van der Waals surface area contributed by atoms with Crippen LogP contribution >= 0.6 is 15.9 Å². The van der Waals surface area contributed by atoms with E-state index < -0.39 is 15.4 Å². The van der Waals surface area contributed by atoms with Crippen LogP contribution in [0.1, 0.15) is 54.9 Å². The molecule has 0 radical (unpaired) electrons. The van der Waals surface area contributed by atoms with Crippen LogP contribution < -0.4 is 29.9 Å². The predicted octanol–water partition coefficient (Wildman–Crippen LogP) is 5.89. The van der Waals surface area contributed by atoms with Crippen molar-refractivity contribution >= 4 is 72.3 Å². The van der Waals surface area contributed by atoms with Crippen LogP contribution in [0.4, 0.5) is 34.5 Å². The molecule has 3 N–H and O–H groups in total. The maximum Gasteiger partial charge on any atom is 0.236 e. The Balaban J connectivity index is 0.836. The van der Waals surface area contributed by atoms with Gasteiger partial charge < -0.3 is 25.2 Å². The van der Waals surface area contributed by atoms with Crippen molar-refractivity contribution in [2.24, 2.45) is 0 Å². The van der Waals surface area contributed by atoms with E-state index in [-0.39, 0.29) is 11.8 Å². The third-order valence-electron chi connectivity index (χ3n) is 12.8. The zero-order chi connectivity index (χ0) is 42.2. The van der Waals surface area contributed by atoms with E-state index in [1.165, 1.54) is 16.1 Å². The quantitative estimate of drug-likeness (QED) is 0.146. The van der Waals surface area contributed by atoms with E-state index in [1.54, 1.807) is 13.3 Å². The van der Waals surface area contributed by atoms with Crippen LogP contribution in [0.15, 0.2) is 65.3 Å².